The van der Waals surface area contributed by atoms with Crippen molar-refractivity contribution in [1.82, 2.24) is 0 Å². The van der Waals surface area contributed by atoms with E-state index in [1.165, 1.54) is 12.1 Å². The van der Waals surface area contributed by atoms with Gasteiger partial charge in [-0.05, 0) is 24.6 Å². The van der Waals surface area contributed by atoms with Crippen molar-refractivity contribution in [3.63, 3.8) is 0 Å². The molecule has 0 spiro atoms. The van der Waals surface area contributed by atoms with Crippen molar-refractivity contribution in [2.24, 2.45) is 0 Å². The van der Waals surface area contributed by atoms with Crippen LogP contribution in [0.5, 0.6) is 0 Å². The van der Waals surface area contributed by atoms with Gasteiger partial charge in [0.1, 0.15) is 0 Å². The molecule has 1 rings (SSSR count). The van der Waals surface area contributed by atoms with Gasteiger partial charge in [-0.3, -0.25) is 4.79 Å². The Bertz CT molecular complexity index is 353. The first kappa shape index (κ1) is 10.2. The molecule has 14 heavy (non-hydrogen) atoms. The summed E-state index contributed by atoms with van der Waals surface area (Å²) >= 11 is 0. The van der Waals surface area contributed by atoms with E-state index in [1.54, 1.807) is 6.92 Å². The van der Waals surface area contributed by atoms with Crippen molar-refractivity contribution >= 4 is 23.0 Å². The largest absolute Gasteiger partial charge is 0.481 e. The van der Waals surface area contributed by atoms with Gasteiger partial charge in [0.2, 0.25) is 0 Å². The minimum absolute atomic E-state index is 0.298. The molecule has 0 aromatic heterocycles. The van der Waals surface area contributed by atoms with Crippen LogP contribution in [0.15, 0.2) is 12.1 Å². The summed E-state index contributed by atoms with van der Waals surface area (Å²) in [5.74, 6) is -1.56. The number of aliphatic carboxylic acids is 1. The molecule has 0 bridgehead atoms. The van der Waals surface area contributed by atoms with Gasteiger partial charge in [0.25, 0.3) is 0 Å². The third-order valence-electron chi connectivity index (χ3n) is 2.14. The third kappa shape index (κ3) is 1.71. The number of carboxylic acid groups (broad SMARTS) is 1. The number of rotatable bonds is 2. The van der Waals surface area contributed by atoms with E-state index >= 15 is 0 Å². The van der Waals surface area contributed by atoms with Crippen LogP contribution >= 0.6 is 0 Å². The Morgan fingerprint density at radius 3 is 2.07 bits per heavy atom. The molecule has 7 N–H and O–H groups in total. The van der Waals surface area contributed by atoms with E-state index in [1.807, 2.05) is 0 Å². The molecule has 0 aliphatic rings. The fraction of sp³-hybridized carbons (Fsp3) is 0.222. The van der Waals surface area contributed by atoms with Crippen LogP contribution in [0.1, 0.15) is 18.4 Å². The standard InChI is InChI=1S/C9H13N3O2/c1-4(9(13)14)5-2-6(10)8(12)7(11)3-5/h2-4H,10-12H2,1H3,(H,13,14). The summed E-state index contributed by atoms with van der Waals surface area (Å²) < 4.78 is 0. The maximum absolute atomic E-state index is 10.7. The minimum Gasteiger partial charge on any atom is -0.481 e. The van der Waals surface area contributed by atoms with Crippen molar-refractivity contribution in [3.8, 4) is 0 Å². The van der Waals surface area contributed by atoms with Gasteiger partial charge in [0, 0.05) is 0 Å². The maximum atomic E-state index is 10.7. The molecule has 1 unspecified atom stereocenters. The van der Waals surface area contributed by atoms with Crippen molar-refractivity contribution < 1.29 is 9.90 Å². The van der Waals surface area contributed by atoms with Crippen LogP contribution in [0.2, 0.25) is 0 Å². The van der Waals surface area contributed by atoms with Crippen LogP contribution in [0.25, 0.3) is 0 Å². The van der Waals surface area contributed by atoms with Gasteiger partial charge in [-0.15, -0.1) is 0 Å². The van der Waals surface area contributed by atoms with Crippen LogP contribution < -0.4 is 17.2 Å². The van der Waals surface area contributed by atoms with Crippen molar-refractivity contribution in [2.45, 2.75) is 12.8 Å². The second-order valence-electron chi connectivity index (χ2n) is 3.17. The highest BCUT2D eigenvalue weighted by Crippen LogP contribution is 2.28. The first-order valence-electron chi connectivity index (χ1n) is 4.10. The van der Waals surface area contributed by atoms with Crippen LogP contribution in [0, 0.1) is 0 Å². The van der Waals surface area contributed by atoms with E-state index in [2.05, 4.69) is 0 Å². The number of carboxylic acids is 1. The van der Waals surface area contributed by atoms with Gasteiger partial charge in [-0.2, -0.15) is 0 Å². The van der Waals surface area contributed by atoms with Crippen molar-refractivity contribution in [1.29, 1.82) is 0 Å². The zero-order valence-corrected chi connectivity index (χ0v) is 7.82. The van der Waals surface area contributed by atoms with E-state index in [-0.39, 0.29) is 0 Å². The molecule has 1 aromatic carbocycles. The summed E-state index contributed by atoms with van der Waals surface area (Å²) in [4.78, 5) is 10.7. The molecule has 0 saturated heterocycles. The maximum Gasteiger partial charge on any atom is 0.310 e. The second kappa shape index (κ2) is 3.45. The van der Waals surface area contributed by atoms with Gasteiger partial charge < -0.3 is 22.3 Å². The average Bonchev–Trinajstić information content (AvgIpc) is 2.12. The van der Waals surface area contributed by atoms with Crippen LogP contribution in [0.3, 0.4) is 0 Å². The highest BCUT2D eigenvalue weighted by molar-refractivity contribution is 5.82. The number of nitrogen functional groups attached to an aromatic ring is 3. The first-order chi connectivity index (χ1) is 6.43. The lowest BCUT2D eigenvalue weighted by atomic mass is 9.99. The molecule has 0 fully saturated rings. The van der Waals surface area contributed by atoms with Crippen LogP contribution in [0.4, 0.5) is 17.1 Å². The SMILES string of the molecule is CC(C(=O)O)c1cc(N)c(N)c(N)c1. The second-order valence-corrected chi connectivity index (χ2v) is 3.17. The summed E-state index contributed by atoms with van der Waals surface area (Å²) in [6, 6.07) is 3.06. The molecule has 1 aromatic rings. The van der Waals surface area contributed by atoms with Gasteiger partial charge in [0.15, 0.2) is 0 Å². The average molecular weight is 195 g/mol. The van der Waals surface area contributed by atoms with E-state index in [0.29, 0.717) is 22.6 Å². The molecule has 5 nitrogen and oxygen atoms in total. The number of nitrogens with two attached hydrogens (primary N) is 3. The van der Waals surface area contributed by atoms with Gasteiger partial charge in [-0.1, -0.05) is 0 Å². The molecule has 0 amide bonds. The molecular weight excluding hydrogens is 182 g/mol. The number of hydrogen-bond donors (Lipinski definition) is 4. The van der Waals surface area contributed by atoms with Gasteiger partial charge in [0.05, 0.1) is 23.0 Å². The van der Waals surface area contributed by atoms with Gasteiger partial charge in [-0.25, -0.2) is 0 Å². The quantitative estimate of drug-likeness (QED) is 0.516. The lowest BCUT2D eigenvalue weighted by Gasteiger charge is -2.11. The Morgan fingerprint density at radius 1 is 1.29 bits per heavy atom. The highest BCUT2D eigenvalue weighted by atomic mass is 16.4. The summed E-state index contributed by atoms with van der Waals surface area (Å²) in [7, 11) is 0. The topological polar surface area (TPSA) is 115 Å². The molecule has 76 valence electrons. The number of carbonyl (C=O) groups is 1. The predicted molar refractivity (Wildman–Crippen MR) is 55.7 cm³/mol. The summed E-state index contributed by atoms with van der Waals surface area (Å²) in [6.07, 6.45) is 0. The smallest absolute Gasteiger partial charge is 0.310 e. The predicted octanol–water partition coefficient (Wildman–Crippen LogP) is 0.621. The molecular formula is C9H13N3O2. The van der Waals surface area contributed by atoms with Crippen LogP contribution in [-0.2, 0) is 4.79 Å². The number of anilines is 3. The highest BCUT2D eigenvalue weighted by Gasteiger charge is 2.15. The van der Waals surface area contributed by atoms with Crippen LogP contribution in [-0.4, -0.2) is 11.1 Å². The molecule has 0 saturated carbocycles. The minimum atomic E-state index is -0.923. The molecule has 0 heterocycles. The first-order valence-corrected chi connectivity index (χ1v) is 4.10. The van der Waals surface area contributed by atoms with E-state index in [0.717, 1.165) is 0 Å². The molecule has 5 heteroatoms. The fourth-order valence-electron chi connectivity index (χ4n) is 1.12. The lowest BCUT2D eigenvalue weighted by Crippen LogP contribution is -2.09. The Hall–Kier alpha value is -1.91. The molecule has 0 radical (unpaired) electrons. The van der Waals surface area contributed by atoms with E-state index < -0.39 is 11.9 Å². The van der Waals surface area contributed by atoms with E-state index in [9.17, 15) is 4.79 Å². The summed E-state index contributed by atoms with van der Waals surface area (Å²) in [6.45, 7) is 1.56. The van der Waals surface area contributed by atoms with E-state index in [4.69, 9.17) is 22.3 Å². The zero-order valence-electron chi connectivity index (χ0n) is 7.82. The molecule has 0 aliphatic heterocycles. The number of benzene rings is 1. The monoisotopic (exact) mass is 195 g/mol. The van der Waals surface area contributed by atoms with Crippen molar-refractivity contribution in [3.05, 3.63) is 17.7 Å². The number of hydrogen-bond acceptors (Lipinski definition) is 4. The Labute approximate surface area is 81.5 Å². The Kier molecular flexibility index (Phi) is 2.51. The van der Waals surface area contributed by atoms with Gasteiger partial charge >= 0.3 is 5.97 Å². The molecule has 1 atom stereocenters. The Balaban J connectivity index is 3.19. The summed E-state index contributed by atoms with van der Waals surface area (Å²) in [5.41, 5.74) is 18.1. The third-order valence-corrected chi connectivity index (χ3v) is 2.14. The zero-order chi connectivity index (χ0) is 10.9. The van der Waals surface area contributed by atoms with Crippen molar-refractivity contribution in [2.75, 3.05) is 17.2 Å². The Morgan fingerprint density at radius 2 is 1.71 bits per heavy atom. The lowest BCUT2D eigenvalue weighted by molar-refractivity contribution is -0.138. The fourth-order valence-corrected chi connectivity index (χ4v) is 1.12. The molecule has 0 aliphatic carbocycles. The summed E-state index contributed by atoms with van der Waals surface area (Å²) in [5, 5.41) is 8.77. The normalized spacial score (nSPS) is 12.4.